The van der Waals surface area contributed by atoms with Gasteiger partial charge in [-0.15, -0.1) is 0 Å². The molecule has 0 radical (unpaired) electrons. The van der Waals surface area contributed by atoms with E-state index in [-0.39, 0.29) is 48.4 Å². The zero-order valence-corrected chi connectivity index (χ0v) is 15.4. The van der Waals surface area contributed by atoms with Crippen LogP contribution in [0.1, 0.15) is 48.0 Å². The predicted octanol–water partition coefficient (Wildman–Crippen LogP) is 2.33. The van der Waals surface area contributed by atoms with E-state index < -0.39 is 0 Å². The molecule has 1 unspecified atom stereocenters. The minimum absolute atomic E-state index is 0.00146. The summed E-state index contributed by atoms with van der Waals surface area (Å²) in [4.78, 5) is 50.3. The molecule has 1 heterocycles. The van der Waals surface area contributed by atoms with E-state index in [2.05, 4.69) is 0 Å². The van der Waals surface area contributed by atoms with E-state index in [1.54, 1.807) is 30.1 Å². The molecular weight excluding hydrogens is 346 g/mol. The molecule has 0 aromatic heterocycles. The van der Waals surface area contributed by atoms with Gasteiger partial charge in [-0.05, 0) is 49.4 Å². The number of esters is 1. The lowest BCUT2D eigenvalue weighted by Gasteiger charge is -2.36. The number of nitrogens with zero attached hydrogens (tertiary/aromatic N) is 1. The molecule has 2 aliphatic carbocycles. The third-order valence-electron chi connectivity index (χ3n) is 6.21. The third kappa shape index (κ3) is 3.29. The summed E-state index contributed by atoms with van der Waals surface area (Å²) < 4.78 is 5.28. The average Bonchev–Trinajstić information content (AvgIpc) is 2.92. The molecular formula is C21H23NO5. The molecule has 6 nitrogen and oxygen atoms in total. The number of rotatable bonds is 4. The van der Waals surface area contributed by atoms with Crippen molar-refractivity contribution in [2.75, 3.05) is 18.6 Å². The number of carbonyl (C=O) groups excluding carboxylic acids is 4. The van der Waals surface area contributed by atoms with Gasteiger partial charge in [0.1, 0.15) is 5.78 Å². The van der Waals surface area contributed by atoms with Crippen LogP contribution in [0.4, 0.5) is 5.69 Å². The first-order valence-electron chi connectivity index (χ1n) is 9.57. The number of hydrogen-bond donors (Lipinski definition) is 0. The van der Waals surface area contributed by atoms with E-state index in [1.807, 2.05) is 0 Å². The number of Topliss-reactive ketones (excluding diaryl/α,β-unsaturated/α-hetero) is 2. The summed E-state index contributed by atoms with van der Waals surface area (Å²) in [6.07, 6.45) is 4.16. The predicted molar refractivity (Wildman–Crippen MR) is 97.4 cm³/mol. The number of likely N-dealkylation sites (N-methyl/N-ethyl adjacent to an activating group) is 1. The van der Waals surface area contributed by atoms with Gasteiger partial charge in [-0.2, -0.15) is 0 Å². The molecule has 3 aliphatic rings. The molecule has 0 saturated heterocycles. The van der Waals surface area contributed by atoms with Crippen LogP contribution < -0.4 is 4.90 Å². The van der Waals surface area contributed by atoms with Gasteiger partial charge in [-0.3, -0.25) is 19.2 Å². The van der Waals surface area contributed by atoms with Gasteiger partial charge in [-0.1, -0.05) is 6.42 Å². The average molecular weight is 369 g/mol. The SMILES string of the molecule is CN1C(=O)Cc2cc(C(=O)COC(=O)C3C[C@H]4CCC[C@@H](C3)C4=O)ccc21. The maximum absolute atomic E-state index is 12.4. The monoisotopic (exact) mass is 369 g/mol. The molecule has 1 aromatic carbocycles. The van der Waals surface area contributed by atoms with E-state index in [0.717, 1.165) is 30.5 Å². The standard InChI is InChI=1S/C21H23NO5/c1-22-17-6-5-12(7-15(17)10-19(22)24)18(23)11-27-21(26)16-8-13-3-2-4-14(9-16)20(13)25/h5-7,13-14,16H,2-4,8-11H2,1H3/t13-,14+,16?. The Morgan fingerprint density at radius 1 is 1.15 bits per heavy atom. The van der Waals surface area contributed by atoms with Crippen LogP contribution in [0.5, 0.6) is 0 Å². The number of anilines is 1. The van der Waals surface area contributed by atoms with Crippen molar-refractivity contribution in [3.8, 4) is 0 Å². The number of ketones is 2. The highest BCUT2D eigenvalue weighted by Crippen LogP contribution is 2.40. The first-order valence-corrected chi connectivity index (χ1v) is 9.57. The lowest BCUT2D eigenvalue weighted by atomic mass is 9.67. The summed E-state index contributed by atoms with van der Waals surface area (Å²) in [5, 5.41) is 0. The molecule has 6 heteroatoms. The van der Waals surface area contributed by atoms with Crippen LogP contribution in [0.25, 0.3) is 0 Å². The molecule has 2 fully saturated rings. The molecule has 1 amide bonds. The first-order chi connectivity index (χ1) is 12.9. The zero-order chi connectivity index (χ0) is 19.1. The molecule has 27 heavy (non-hydrogen) atoms. The summed E-state index contributed by atoms with van der Waals surface area (Å²) in [6, 6.07) is 5.12. The number of amides is 1. The summed E-state index contributed by atoms with van der Waals surface area (Å²) in [5.74, 6) is -0.660. The Morgan fingerprint density at radius 3 is 2.56 bits per heavy atom. The number of carbonyl (C=O) groups is 4. The molecule has 0 spiro atoms. The largest absolute Gasteiger partial charge is 0.457 e. The number of ether oxygens (including phenoxy) is 1. The summed E-state index contributed by atoms with van der Waals surface area (Å²) in [6.45, 7) is -0.304. The zero-order valence-electron chi connectivity index (χ0n) is 15.4. The topological polar surface area (TPSA) is 80.8 Å². The molecule has 2 saturated carbocycles. The van der Waals surface area contributed by atoms with Crippen molar-refractivity contribution in [3.63, 3.8) is 0 Å². The Morgan fingerprint density at radius 2 is 1.85 bits per heavy atom. The van der Waals surface area contributed by atoms with Crippen molar-refractivity contribution in [1.29, 1.82) is 0 Å². The Balaban J connectivity index is 1.36. The van der Waals surface area contributed by atoms with Crippen LogP contribution in [-0.2, 0) is 25.5 Å². The van der Waals surface area contributed by atoms with Crippen molar-refractivity contribution < 1.29 is 23.9 Å². The Hall–Kier alpha value is -2.50. The van der Waals surface area contributed by atoms with Gasteiger partial charge >= 0.3 is 5.97 Å². The second-order valence-electron chi connectivity index (χ2n) is 7.90. The van der Waals surface area contributed by atoms with Crippen molar-refractivity contribution in [1.82, 2.24) is 0 Å². The molecule has 2 bridgehead atoms. The second-order valence-corrected chi connectivity index (χ2v) is 7.90. The maximum atomic E-state index is 12.4. The van der Waals surface area contributed by atoms with Crippen LogP contribution in [0.15, 0.2) is 18.2 Å². The van der Waals surface area contributed by atoms with Crippen LogP contribution in [0, 0.1) is 17.8 Å². The van der Waals surface area contributed by atoms with Crippen LogP contribution in [-0.4, -0.2) is 37.1 Å². The van der Waals surface area contributed by atoms with Gasteiger partial charge in [-0.25, -0.2) is 0 Å². The van der Waals surface area contributed by atoms with Crippen molar-refractivity contribution in [2.45, 2.75) is 38.5 Å². The molecule has 3 atom stereocenters. The molecule has 4 rings (SSSR count). The molecule has 142 valence electrons. The maximum Gasteiger partial charge on any atom is 0.309 e. The van der Waals surface area contributed by atoms with E-state index >= 15 is 0 Å². The fourth-order valence-corrected chi connectivity index (χ4v) is 4.65. The number of fused-ring (bicyclic) bond motifs is 3. The van der Waals surface area contributed by atoms with E-state index in [4.69, 9.17) is 4.74 Å². The third-order valence-corrected chi connectivity index (χ3v) is 6.21. The number of hydrogen-bond acceptors (Lipinski definition) is 5. The smallest absolute Gasteiger partial charge is 0.309 e. The van der Waals surface area contributed by atoms with Crippen LogP contribution >= 0.6 is 0 Å². The second kappa shape index (κ2) is 6.91. The normalized spacial score (nSPS) is 26.7. The fraction of sp³-hybridized carbons (Fsp3) is 0.524. The van der Waals surface area contributed by atoms with Gasteiger partial charge in [0, 0.05) is 30.1 Å². The van der Waals surface area contributed by atoms with Crippen LogP contribution in [0.2, 0.25) is 0 Å². The summed E-state index contributed by atoms with van der Waals surface area (Å²) in [5.41, 5.74) is 2.07. The highest BCUT2D eigenvalue weighted by atomic mass is 16.5. The summed E-state index contributed by atoms with van der Waals surface area (Å²) in [7, 11) is 1.71. The van der Waals surface area contributed by atoms with Crippen LogP contribution in [0.3, 0.4) is 0 Å². The lowest BCUT2D eigenvalue weighted by molar-refractivity contribution is -0.152. The molecule has 0 N–H and O–H groups in total. The van der Waals surface area contributed by atoms with Gasteiger partial charge in [0.15, 0.2) is 12.4 Å². The highest BCUT2D eigenvalue weighted by Gasteiger charge is 2.41. The quantitative estimate of drug-likeness (QED) is 0.601. The number of benzene rings is 1. The molecule has 1 aliphatic heterocycles. The van der Waals surface area contributed by atoms with Crippen molar-refractivity contribution in [2.24, 2.45) is 17.8 Å². The van der Waals surface area contributed by atoms with E-state index in [9.17, 15) is 19.2 Å². The first kappa shape index (κ1) is 17.9. The minimum atomic E-state index is -0.371. The van der Waals surface area contributed by atoms with E-state index in [1.165, 1.54) is 0 Å². The van der Waals surface area contributed by atoms with Crippen molar-refractivity contribution in [3.05, 3.63) is 29.3 Å². The van der Waals surface area contributed by atoms with E-state index in [0.29, 0.717) is 24.2 Å². The highest BCUT2D eigenvalue weighted by molar-refractivity contribution is 6.04. The minimum Gasteiger partial charge on any atom is -0.457 e. The van der Waals surface area contributed by atoms with Gasteiger partial charge in [0.25, 0.3) is 0 Å². The Labute approximate surface area is 157 Å². The summed E-state index contributed by atoms with van der Waals surface area (Å²) >= 11 is 0. The van der Waals surface area contributed by atoms with Gasteiger partial charge in [0.05, 0.1) is 12.3 Å². The lowest BCUT2D eigenvalue weighted by Crippen LogP contribution is -2.39. The van der Waals surface area contributed by atoms with Crippen molar-refractivity contribution >= 4 is 29.1 Å². The molecule has 1 aromatic rings. The fourth-order valence-electron chi connectivity index (χ4n) is 4.65. The Bertz CT molecular complexity index is 814. The van der Waals surface area contributed by atoms with Gasteiger partial charge < -0.3 is 9.64 Å². The Kier molecular flexibility index (Phi) is 4.58. The van der Waals surface area contributed by atoms with Gasteiger partial charge in [0.2, 0.25) is 5.91 Å².